The van der Waals surface area contributed by atoms with Crippen LogP contribution in [0.4, 0.5) is 11.4 Å². The van der Waals surface area contributed by atoms with Gasteiger partial charge in [0, 0.05) is 47.8 Å². The first-order valence-electron chi connectivity index (χ1n) is 9.02. The quantitative estimate of drug-likeness (QED) is 0.294. The maximum atomic E-state index is 11.2. The molecule has 32 heavy (non-hydrogen) atoms. The van der Waals surface area contributed by atoms with Crippen LogP contribution in [0.15, 0.2) is 46.4 Å². The van der Waals surface area contributed by atoms with Crippen molar-refractivity contribution in [3.8, 4) is 11.5 Å². The van der Waals surface area contributed by atoms with E-state index in [1.807, 2.05) is 0 Å². The summed E-state index contributed by atoms with van der Waals surface area (Å²) in [5.74, 6) is -0.437. The van der Waals surface area contributed by atoms with Gasteiger partial charge in [0.05, 0.1) is 36.0 Å². The lowest BCUT2D eigenvalue weighted by Gasteiger charge is -2.11. The second-order valence-corrected chi connectivity index (χ2v) is 6.26. The van der Waals surface area contributed by atoms with Gasteiger partial charge in [-0.05, 0) is 12.1 Å². The summed E-state index contributed by atoms with van der Waals surface area (Å²) in [6.45, 7) is -0.259. The Labute approximate surface area is 180 Å². The molecule has 14 heteroatoms. The molecular formula is C18H18N6O8. The number of hydrogen-bond donors (Lipinski definition) is 2. The van der Waals surface area contributed by atoms with E-state index in [1.165, 1.54) is 12.4 Å². The van der Waals surface area contributed by atoms with Crippen molar-refractivity contribution >= 4 is 23.8 Å². The summed E-state index contributed by atoms with van der Waals surface area (Å²) >= 11 is 0. The first-order chi connectivity index (χ1) is 15.2. The highest BCUT2D eigenvalue weighted by atomic mass is 16.7. The van der Waals surface area contributed by atoms with E-state index in [1.54, 1.807) is 0 Å². The van der Waals surface area contributed by atoms with Crippen LogP contribution in [0.3, 0.4) is 0 Å². The molecule has 0 radical (unpaired) electrons. The molecule has 0 saturated heterocycles. The molecule has 0 aliphatic heterocycles. The van der Waals surface area contributed by atoms with E-state index >= 15 is 0 Å². The number of hydrazine groups is 1. The van der Waals surface area contributed by atoms with Crippen LogP contribution in [0.2, 0.25) is 0 Å². The molecule has 0 aliphatic rings. The minimum atomic E-state index is -0.638. The van der Waals surface area contributed by atoms with Gasteiger partial charge in [0.25, 0.3) is 11.4 Å². The van der Waals surface area contributed by atoms with Crippen molar-refractivity contribution in [1.82, 2.24) is 5.01 Å². The number of phenolic OH excluding ortho intramolecular Hbond substituents is 2. The highest BCUT2D eigenvalue weighted by Gasteiger charge is 2.13. The molecule has 0 aliphatic carbocycles. The van der Waals surface area contributed by atoms with Gasteiger partial charge in [-0.15, -0.1) is 5.01 Å². The van der Waals surface area contributed by atoms with Gasteiger partial charge in [-0.3, -0.25) is 30.2 Å². The van der Waals surface area contributed by atoms with Crippen LogP contribution in [0.1, 0.15) is 11.1 Å². The summed E-state index contributed by atoms with van der Waals surface area (Å²) < 4.78 is 0. The summed E-state index contributed by atoms with van der Waals surface area (Å²) in [6.07, 6.45) is 2.37. The van der Waals surface area contributed by atoms with E-state index in [2.05, 4.69) is 9.98 Å². The molecule has 0 atom stereocenters. The molecule has 0 fully saturated rings. The lowest BCUT2D eigenvalue weighted by atomic mass is 10.2. The summed E-state index contributed by atoms with van der Waals surface area (Å²) in [4.78, 5) is 39.4. The van der Waals surface area contributed by atoms with Gasteiger partial charge in [-0.1, -0.05) is 0 Å². The lowest BCUT2D eigenvalue weighted by molar-refractivity contribution is -0.654. The first kappa shape index (κ1) is 23.7. The number of rotatable bonds is 11. The fourth-order valence-corrected chi connectivity index (χ4v) is 2.46. The van der Waals surface area contributed by atoms with Crippen LogP contribution in [-0.4, -0.2) is 68.7 Å². The molecule has 0 saturated carbocycles. The SMILES string of the molecule is O=[N+]([O-])c1ccc(O)c(C=NCCN(CCN=Cc2cc([N+](=O)[O-])ccc2O)[N+](=O)[O-])c1. The van der Waals surface area contributed by atoms with Crippen molar-refractivity contribution < 1.29 is 25.1 Å². The minimum absolute atomic E-state index is 0.0293. The van der Waals surface area contributed by atoms with Gasteiger partial charge in [0.15, 0.2) is 5.03 Å². The average molecular weight is 446 g/mol. The molecule has 0 heterocycles. The van der Waals surface area contributed by atoms with E-state index in [-0.39, 0.29) is 60.2 Å². The first-order valence-corrected chi connectivity index (χ1v) is 9.02. The van der Waals surface area contributed by atoms with Crippen molar-refractivity contribution in [2.75, 3.05) is 26.2 Å². The van der Waals surface area contributed by atoms with Crippen molar-refractivity contribution in [2.24, 2.45) is 9.98 Å². The molecule has 2 rings (SSSR count). The number of aromatic hydroxyl groups is 2. The van der Waals surface area contributed by atoms with Gasteiger partial charge in [0.1, 0.15) is 11.5 Å². The smallest absolute Gasteiger partial charge is 0.270 e. The molecule has 0 amide bonds. The average Bonchev–Trinajstić information content (AvgIpc) is 2.74. The van der Waals surface area contributed by atoms with Gasteiger partial charge in [-0.2, -0.15) is 0 Å². The van der Waals surface area contributed by atoms with E-state index in [4.69, 9.17) is 0 Å². The second-order valence-electron chi connectivity index (χ2n) is 6.26. The van der Waals surface area contributed by atoms with Gasteiger partial charge in [0.2, 0.25) is 0 Å². The van der Waals surface area contributed by atoms with E-state index in [0.29, 0.717) is 0 Å². The molecule has 168 valence electrons. The second kappa shape index (κ2) is 11.0. The third-order valence-electron chi connectivity index (χ3n) is 4.11. The number of benzene rings is 2. The van der Waals surface area contributed by atoms with E-state index in [0.717, 1.165) is 41.4 Å². The molecule has 0 aromatic heterocycles. The summed E-state index contributed by atoms with van der Waals surface area (Å²) in [5.41, 5.74) is -0.256. The predicted octanol–water partition coefficient (Wildman–Crippen LogP) is 1.95. The maximum absolute atomic E-state index is 11.2. The molecule has 0 spiro atoms. The molecule has 2 aromatic carbocycles. The third-order valence-corrected chi connectivity index (χ3v) is 4.11. The lowest BCUT2D eigenvalue weighted by Crippen LogP contribution is -2.34. The number of nitrogens with zero attached hydrogens (tertiary/aromatic N) is 6. The molecule has 14 nitrogen and oxygen atoms in total. The summed E-state index contributed by atoms with van der Waals surface area (Å²) in [6, 6.07) is 6.83. The van der Waals surface area contributed by atoms with Crippen LogP contribution < -0.4 is 0 Å². The molecule has 2 N–H and O–H groups in total. The zero-order valence-electron chi connectivity index (χ0n) is 16.5. The Kier molecular flexibility index (Phi) is 8.10. The highest BCUT2D eigenvalue weighted by molar-refractivity contribution is 5.85. The van der Waals surface area contributed by atoms with Crippen LogP contribution in [-0.2, 0) is 0 Å². The van der Waals surface area contributed by atoms with Crippen molar-refractivity contribution in [2.45, 2.75) is 0 Å². The Morgan fingerprint density at radius 3 is 1.53 bits per heavy atom. The summed E-state index contributed by atoms with van der Waals surface area (Å²) in [5, 5.41) is 52.4. The van der Waals surface area contributed by atoms with Crippen LogP contribution in [0.25, 0.3) is 0 Å². The third kappa shape index (κ3) is 6.72. The number of phenols is 2. The zero-order chi connectivity index (χ0) is 23.7. The van der Waals surface area contributed by atoms with E-state index < -0.39 is 14.9 Å². The highest BCUT2D eigenvalue weighted by Crippen LogP contribution is 2.22. The molecule has 0 bridgehead atoms. The van der Waals surface area contributed by atoms with E-state index in [9.17, 15) is 40.6 Å². The van der Waals surface area contributed by atoms with Crippen LogP contribution in [0.5, 0.6) is 11.5 Å². The largest absolute Gasteiger partial charge is 0.507 e. The van der Waals surface area contributed by atoms with Gasteiger partial charge < -0.3 is 10.2 Å². The Hall–Kier alpha value is -4.62. The Bertz CT molecular complexity index is 994. The monoisotopic (exact) mass is 446 g/mol. The van der Waals surface area contributed by atoms with Crippen LogP contribution in [0, 0.1) is 30.3 Å². The standard InChI is InChI=1S/C18H18N6O8/c25-17-3-1-15(22(27)28)9-13(17)11-19-5-7-21(24(31)32)8-6-20-12-14-10-16(23(29)30)2-4-18(14)26/h1-4,9-12,25-26H,5-8H2. The molecule has 0 unspecified atom stereocenters. The van der Waals surface area contributed by atoms with Gasteiger partial charge in [-0.25, -0.2) is 10.1 Å². The van der Waals surface area contributed by atoms with Crippen molar-refractivity contribution in [1.29, 1.82) is 0 Å². The Balaban J connectivity index is 1.92. The molecular weight excluding hydrogens is 428 g/mol. The fraction of sp³-hybridized carbons (Fsp3) is 0.222. The van der Waals surface area contributed by atoms with Gasteiger partial charge >= 0.3 is 0 Å². The molecule has 2 aromatic rings. The summed E-state index contributed by atoms with van der Waals surface area (Å²) in [7, 11) is 0. The number of non-ortho nitro benzene ring substituents is 2. The Morgan fingerprint density at radius 1 is 0.781 bits per heavy atom. The minimum Gasteiger partial charge on any atom is -0.507 e. The topological polar surface area (TPSA) is 198 Å². The van der Waals surface area contributed by atoms with Crippen LogP contribution >= 0.6 is 0 Å². The number of hydrogen-bond acceptors (Lipinski definition) is 10. The zero-order valence-corrected chi connectivity index (χ0v) is 16.5. The Morgan fingerprint density at radius 2 is 1.19 bits per heavy atom. The normalized spacial score (nSPS) is 11.1. The fourth-order valence-electron chi connectivity index (χ4n) is 2.46. The number of aliphatic imine (C=N–C) groups is 2. The maximum Gasteiger partial charge on any atom is 0.270 e. The predicted molar refractivity (Wildman–Crippen MR) is 113 cm³/mol. The number of nitro benzene ring substituents is 2. The van der Waals surface area contributed by atoms with Crippen molar-refractivity contribution in [3.05, 3.63) is 77.9 Å². The number of nitro groups is 3. The van der Waals surface area contributed by atoms with Crippen molar-refractivity contribution in [3.63, 3.8) is 0 Å².